The molecule has 0 radical (unpaired) electrons. The molecule has 16 heavy (non-hydrogen) atoms. The molecule has 1 aromatic rings. The first-order valence-electron chi connectivity index (χ1n) is 5.25. The Labute approximate surface area is 92.9 Å². The van der Waals surface area contributed by atoms with Crippen LogP contribution in [-0.4, -0.2) is 18.7 Å². The minimum absolute atomic E-state index is 0.000887. The fraction of sp³-hybridized carbons (Fsp3) is 0.333. The summed E-state index contributed by atoms with van der Waals surface area (Å²) in [5.41, 5.74) is 1.57. The Kier molecular flexibility index (Phi) is 2.99. The summed E-state index contributed by atoms with van der Waals surface area (Å²) in [6.07, 6.45) is 2.05. The SMILES string of the molecule is O=CCCN1C(=O)CCc2cc(F)ccc21. The number of halogens is 1. The van der Waals surface area contributed by atoms with E-state index in [2.05, 4.69) is 0 Å². The molecule has 0 saturated carbocycles. The number of aldehydes is 1. The zero-order valence-electron chi connectivity index (χ0n) is 8.78. The summed E-state index contributed by atoms with van der Waals surface area (Å²) in [7, 11) is 0. The van der Waals surface area contributed by atoms with E-state index in [1.807, 2.05) is 0 Å². The number of anilines is 1. The highest BCUT2D eigenvalue weighted by Gasteiger charge is 2.23. The Morgan fingerprint density at radius 1 is 1.38 bits per heavy atom. The Morgan fingerprint density at radius 2 is 2.19 bits per heavy atom. The van der Waals surface area contributed by atoms with Crippen LogP contribution in [0.1, 0.15) is 18.4 Å². The topological polar surface area (TPSA) is 37.4 Å². The average molecular weight is 221 g/mol. The van der Waals surface area contributed by atoms with Crippen LogP contribution in [0, 0.1) is 5.82 Å². The molecule has 1 amide bonds. The summed E-state index contributed by atoms with van der Waals surface area (Å²) in [6.45, 7) is 0.376. The summed E-state index contributed by atoms with van der Waals surface area (Å²) >= 11 is 0. The molecule has 0 bridgehead atoms. The number of carbonyl (C=O) groups excluding carboxylic acids is 2. The van der Waals surface area contributed by atoms with Gasteiger partial charge in [0.1, 0.15) is 12.1 Å². The highest BCUT2D eigenvalue weighted by Crippen LogP contribution is 2.28. The van der Waals surface area contributed by atoms with Gasteiger partial charge >= 0.3 is 0 Å². The van der Waals surface area contributed by atoms with Crippen LogP contribution < -0.4 is 4.90 Å². The van der Waals surface area contributed by atoms with Gasteiger partial charge in [0.2, 0.25) is 5.91 Å². The molecule has 1 aliphatic rings. The first kappa shape index (κ1) is 10.8. The van der Waals surface area contributed by atoms with Crippen LogP contribution >= 0.6 is 0 Å². The number of aryl methyl sites for hydroxylation is 1. The fourth-order valence-electron chi connectivity index (χ4n) is 1.96. The first-order chi connectivity index (χ1) is 7.72. The second kappa shape index (κ2) is 4.43. The summed E-state index contributed by atoms with van der Waals surface area (Å²) in [6, 6.07) is 4.40. The first-order valence-corrected chi connectivity index (χ1v) is 5.25. The molecule has 84 valence electrons. The molecule has 0 atom stereocenters. The van der Waals surface area contributed by atoms with E-state index in [9.17, 15) is 14.0 Å². The third-order valence-corrected chi connectivity index (χ3v) is 2.71. The van der Waals surface area contributed by atoms with Gasteiger partial charge < -0.3 is 9.69 Å². The molecule has 0 aliphatic carbocycles. The van der Waals surface area contributed by atoms with E-state index in [4.69, 9.17) is 0 Å². The third kappa shape index (κ3) is 1.96. The molecule has 0 unspecified atom stereocenters. The smallest absolute Gasteiger partial charge is 0.227 e. The van der Waals surface area contributed by atoms with Crippen LogP contribution in [0.2, 0.25) is 0 Å². The summed E-state index contributed by atoms with van der Waals surface area (Å²) < 4.78 is 13.0. The van der Waals surface area contributed by atoms with Crippen LogP contribution in [0.5, 0.6) is 0 Å². The minimum Gasteiger partial charge on any atom is -0.312 e. The van der Waals surface area contributed by atoms with Crippen molar-refractivity contribution in [3.8, 4) is 0 Å². The van der Waals surface area contributed by atoms with E-state index in [-0.39, 0.29) is 11.7 Å². The summed E-state index contributed by atoms with van der Waals surface area (Å²) in [4.78, 5) is 23.5. The molecule has 0 spiro atoms. The quantitative estimate of drug-likeness (QED) is 0.728. The van der Waals surface area contributed by atoms with Crippen LogP contribution in [0.4, 0.5) is 10.1 Å². The molecule has 3 nitrogen and oxygen atoms in total. The Balaban J connectivity index is 2.32. The van der Waals surface area contributed by atoms with Gasteiger partial charge in [0.05, 0.1) is 0 Å². The molecular weight excluding hydrogens is 209 g/mol. The van der Waals surface area contributed by atoms with Gasteiger partial charge in [0.15, 0.2) is 0 Å². The van der Waals surface area contributed by atoms with E-state index in [1.54, 1.807) is 11.0 Å². The van der Waals surface area contributed by atoms with Gasteiger partial charge in [-0.3, -0.25) is 4.79 Å². The van der Waals surface area contributed by atoms with Gasteiger partial charge in [-0.25, -0.2) is 4.39 Å². The molecule has 2 rings (SSSR count). The van der Waals surface area contributed by atoms with E-state index in [0.29, 0.717) is 25.8 Å². The molecule has 0 aromatic heterocycles. The van der Waals surface area contributed by atoms with Crippen molar-refractivity contribution in [2.75, 3.05) is 11.4 Å². The van der Waals surface area contributed by atoms with Gasteiger partial charge in [-0.2, -0.15) is 0 Å². The Hall–Kier alpha value is -1.71. The molecule has 4 heteroatoms. The maximum absolute atomic E-state index is 13.0. The van der Waals surface area contributed by atoms with E-state index in [0.717, 1.165) is 17.5 Å². The molecule has 1 aliphatic heterocycles. The maximum atomic E-state index is 13.0. The molecule has 1 heterocycles. The van der Waals surface area contributed by atoms with E-state index < -0.39 is 0 Å². The zero-order chi connectivity index (χ0) is 11.5. The lowest BCUT2D eigenvalue weighted by atomic mass is 10.0. The van der Waals surface area contributed by atoms with Gasteiger partial charge in [0, 0.05) is 25.1 Å². The number of benzene rings is 1. The van der Waals surface area contributed by atoms with Crippen LogP contribution in [0.25, 0.3) is 0 Å². The number of amides is 1. The predicted molar refractivity (Wildman–Crippen MR) is 57.8 cm³/mol. The van der Waals surface area contributed by atoms with Crippen molar-refractivity contribution in [1.29, 1.82) is 0 Å². The number of carbonyl (C=O) groups is 2. The van der Waals surface area contributed by atoms with Gasteiger partial charge in [-0.15, -0.1) is 0 Å². The number of hydrogen-bond acceptors (Lipinski definition) is 2. The van der Waals surface area contributed by atoms with Gasteiger partial charge in [0.25, 0.3) is 0 Å². The fourth-order valence-corrected chi connectivity index (χ4v) is 1.96. The van der Waals surface area contributed by atoms with Gasteiger partial charge in [-0.05, 0) is 30.2 Å². The Morgan fingerprint density at radius 3 is 2.94 bits per heavy atom. The highest BCUT2D eigenvalue weighted by atomic mass is 19.1. The second-order valence-electron chi connectivity index (χ2n) is 3.77. The highest BCUT2D eigenvalue weighted by molar-refractivity contribution is 5.96. The van der Waals surface area contributed by atoms with Crippen molar-refractivity contribution < 1.29 is 14.0 Å². The lowest BCUT2D eigenvalue weighted by Crippen LogP contribution is -2.36. The zero-order valence-corrected chi connectivity index (χ0v) is 8.78. The van der Waals surface area contributed by atoms with Crippen molar-refractivity contribution in [3.63, 3.8) is 0 Å². The maximum Gasteiger partial charge on any atom is 0.227 e. The average Bonchev–Trinajstić information content (AvgIpc) is 2.28. The molecule has 0 saturated heterocycles. The Bertz CT molecular complexity index is 431. The molecule has 1 aromatic carbocycles. The standard InChI is InChI=1S/C12H12FNO2/c13-10-3-4-11-9(8-10)2-5-12(16)14(11)6-1-7-15/h3-4,7-8H,1-2,5-6H2. The van der Waals surface area contributed by atoms with Crippen LogP contribution in [0.15, 0.2) is 18.2 Å². The number of hydrogen-bond donors (Lipinski definition) is 0. The van der Waals surface area contributed by atoms with Gasteiger partial charge in [-0.1, -0.05) is 0 Å². The van der Waals surface area contributed by atoms with Crippen molar-refractivity contribution in [2.24, 2.45) is 0 Å². The van der Waals surface area contributed by atoms with Crippen molar-refractivity contribution in [1.82, 2.24) is 0 Å². The number of rotatable bonds is 3. The number of fused-ring (bicyclic) bond motifs is 1. The lowest BCUT2D eigenvalue weighted by Gasteiger charge is -2.28. The van der Waals surface area contributed by atoms with E-state index >= 15 is 0 Å². The molecule has 0 fully saturated rings. The molecule has 0 N–H and O–H groups in total. The van der Waals surface area contributed by atoms with Crippen LogP contribution in [0.3, 0.4) is 0 Å². The normalized spacial score (nSPS) is 14.8. The monoisotopic (exact) mass is 221 g/mol. The summed E-state index contributed by atoms with van der Waals surface area (Å²) in [5.74, 6) is -0.288. The lowest BCUT2D eigenvalue weighted by molar-refractivity contribution is -0.118. The largest absolute Gasteiger partial charge is 0.312 e. The minimum atomic E-state index is -0.288. The van der Waals surface area contributed by atoms with Crippen molar-refractivity contribution in [2.45, 2.75) is 19.3 Å². The number of nitrogens with zero attached hydrogens (tertiary/aromatic N) is 1. The predicted octanol–water partition coefficient (Wildman–Crippen LogP) is 1.69. The second-order valence-corrected chi connectivity index (χ2v) is 3.77. The summed E-state index contributed by atoms with van der Waals surface area (Å²) in [5, 5.41) is 0. The van der Waals surface area contributed by atoms with E-state index in [1.165, 1.54) is 12.1 Å². The van der Waals surface area contributed by atoms with Crippen molar-refractivity contribution >= 4 is 17.9 Å². The van der Waals surface area contributed by atoms with Crippen molar-refractivity contribution in [3.05, 3.63) is 29.6 Å². The molecular formula is C12H12FNO2. The third-order valence-electron chi connectivity index (χ3n) is 2.71. The van der Waals surface area contributed by atoms with Crippen LogP contribution in [-0.2, 0) is 16.0 Å².